The normalized spacial score (nSPS) is 28.5. The highest BCUT2D eigenvalue weighted by Gasteiger charge is 2.20. The molecule has 0 bridgehead atoms. The van der Waals surface area contributed by atoms with Gasteiger partial charge in [-0.25, -0.2) is 0 Å². The summed E-state index contributed by atoms with van der Waals surface area (Å²) in [5, 5.41) is 0. The van der Waals surface area contributed by atoms with Crippen molar-refractivity contribution >= 4 is 0 Å². The van der Waals surface area contributed by atoms with Crippen LogP contribution >= 0.6 is 0 Å². The Bertz CT molecular complexity index is 236. The summed E-state index contributed by atoms with van der Waals surface area (Å²) in [7, 11) is 0. The van der Waals surface area contributed by atoms with Crippen LogP contribution in [0.5, 0.6) is 0 Å². The molecule has 2 aliphatic rings. The van der Waals surface area contributed by atoms with E-state index in [0.717, 1.165) is 19.4 Å². The Hall–Kier alpha value is -0.600. The van der Waals surface area contributed by atoms with E-state index in [0.29, 0.717) is 6.04 Å². The Morgan fingerprint density at radius 1 is 1.62 bits per heavy atom. The number of hydrogen-bond acceptors (Lipinski definition) is 2. The van der Waals surface area contributed by atoms with Crippen LogP contribution in [0.15, 0.2) is 23.3 Å². The highest BCUT2D eigenvalue weighted by molar-refractivity contribution is 5.30. The lowest BCUT2D eigenvalue weighted by molar-refractivity contribution is 0.0925. The molecule has 13 heavy (non-hydrogen) atoms. The summed E-state index contributed by atoms with van der Waals surface area (Å²) in [6.45, 7) is 3.07. The van der Waals surface area contributed by atoms with Crippen LogP contribution in [0.4, 0.5) is 0 Å². The summed E-state index contributed by atoms with van der Waals surface area (Å²) >= 11 is 0. The summed E-state index contributed by atoms with van der Waals surface area (Å²) in [6, 6.07) is 0.482. The summed E-state index contributed by atoms with van der Waals surface area (Å²) in [6.07, 6.45) is 9.37. The van der Waals surface area contributed by atoms with Gasteiger partial charge in [0.25, 0.3) is 0 Å². The van der Waals surface area contributed by atoms with Crippen molar-refractivity contribution in [3.8, 4) is 0 Å². The molecule has 1 unspecified atom stereocenters. The first-order chi connectivity index (χ1) is 6.40. The van der Waals surface area contributed by atoms with Gasteiger partial charge in [0, 0.05) is 0 Å². The highest BCUT2D eigenvalue weighted by atomic mass is 16.7. The maximum absolute atomic E-state index is 5.17. The third kappa shape index (κ3) is 2.01. The zero-order chi connectivity index (χ0) is 9.10. The first kappa shape index (κ1) is 8.97. The molecular weight excluding hydrogens is 162 g/mol. The molecule has 1 heterocycles. The van der Waals surface area contributed by atoms with Crippen LogP contribution in [0, 0.1) is 0 Å². The van der Waals surface area contributed by atoms with Crippen LogP contribution in [0.25, 0.3) is 0 Å². The van der Waals surface area contributed by atoms with Crippen LogP contribution < -0.4 is 5.48 Å². The molecule has 0 aromatic carbocycles. The second-order valence-corrected chi connectivity index (χ2v) is 3.70. The predicted octanol–water partition coefficient (Wildman–Crippen LogP) is 2.34. The van der Waals surface area contributed by atoms with E-state index in [1.807, 2.05) is 0 Å². The smallest absolute Gasteiger partial charge is 0.0701 e. The van der Waals surface area contributed by atoms with Gasteiger partial charge in [0.05, 0.1) is 12.6 Å². The maximum atomic E-state index is 5.17. The van der Waals surface area contributed by atoms with Gasteiger partial charge in [-0.3, -0.25) is 0 Å². The SMILES string of the molecule is CCC1=CCCC(C2CCON2)=C1. The fourth-order valence-electron chi connectivity index (χ4n) is 1.97. The second kappa shape index (κ2) is 4.07. The molecule has 0 aromatic heterocycles. The van der Waals surface area contributed by atoms with Crippen LogP contribution in [-0.4, -0.2) is 12.6 Å². The minimum atomic E-state index is 0.482. The van der Waals surface area contributed by atoms with Crippen molar-refractivity contribution < 1.29 is 4.84 Å². The lowest BCUT2D eigenvalue weighted by Gasteiger charge is -2.17. The molecule has 1 saturated heterocycles. The zero-order valence-corrected chi connectivity index (χ0v) is 8.18. The van der Waals surface area contributed by atoms with Crippen molar-refractivity contribution in [1.29, 1.82) is 0 Å². The van der Waals surface area contributed by atoms with Gasteiger partial charge in [-0.1, -0.05) is 30.2 Å². The number of allylic oxidation sites excluding steroid dienone is 3. The van der Waals surface area contributed by atoms with Gasteiger partial charge in [0.15, 0.2) is 0 Å². The minimum Gasteiger partial charge on any atom is -0.301 e. The molecule has 0 saturated carbocycles. The minimum absolute atomic E-state index is 0.482. The van der Waals surface area contributed by atoms with Crippen molar-refractivity contribution in [2.45, 2.75) is 38.6 Å². The first-order valence-electron chi connectivity index (χ1n) is 5.17. The molecule has 0 radical (unpaired) electrons. The third-order valence-electron chi connectivity index (χ3n) is 2.80. The Kier molecular flexibility index (Phi) is 2.81. The second-order valence-electron chi connectivity index (χ2n) is 3.70. The number of rotatable bonds is 2. The lowest BCUT2D eigenvalue weighted by Crippen LogP contribution is -2.23. The van der Waals surface area contributed by atoms with Gasteiger partial charge in [0.1, 0.15) is 0 Å². The van der Waals surface area contributed by atoms with Gasteiger partial charge in [-0.2, -0.15) is 5.48 Å². The van der Waals surface area contributed by atoms with E-state index in [2.05, 4.69) is 24.6 Å². The molecule has 72 valence electrons. The lowest BCUT2D eigenvalue weighted by atomic mass is 9.92. The highest BCUT2D eigenvalue weighted by Crippen LogP contribution is 2.24. The van der Waals surface area contributed by atoms with E-state index >= 15 is 0 Å². The predicted molar refractivity (Wildman–Crippen MR) is 53.2 cm³/mol. The van der Waals surface area contributed by atoms with E-state index in [-0.39, 0.29) is 0 Å². The number of hydroxylamine groups is 1. The third-order valence-corrected chi connectivity index (χ3v) is 2.80. The van der Waals surface area contributed by atoms with Crippen LogP contribution in [0.3, 0.4) is 0 Å². The topological polar surface area (TPSA) is 21.3 Å². The molecule has 1 fully saturated rings. The molecule has 2 rings (SSSR count). The van der Waals surface area contributed by atoms with Gasteiger partial charge in [-0.05, 0) is 25.7 Å². The Labute approximate surface area is 79.6 Å². The fourth-order valence-corrected chi connectivity index (χ4v) is 1.97. The van der Waals surface area contributed by atoms with Crippen molar-refractivity contribution in [3.63, 3.8) is 0 Å². The Balaban J connectivity index is 2.05. The average molecular weight is 179 g/mol. The van der Waals surface area contributed by atoms with E-state index in [9.17, 15) is 0 Å². The maximum Gasteiger partial charge on any atom is 0.0701 e. The van der Waals surface area contributed by atoms with E-state index in [1.165, 1.54) is 24.0 Å². The van der Waals surface area contributed by atoms with Crippen molar-refractivity contribution in [1.82, 2.24) is 5.48 Å². The van der Waals surface area contributed by atoms with E-state index < -0.39 is 0 Å². The van der Waals surface area contributed by atoms with Gasteiger partial charge in [-0.15, -0.1) is 0 Å². The fraction of sp³-hybridized carbons (Fsp3) is 0.636. The summed E-state index contributed by atoms with van der Waals surface area (Å²) in [5.74, 6) is 0. The first-order valence-corrected chi connectivity index (χ1v) is 5.17. The monoisotopic (exact) mass is 179 g/mol. The largest absolute Gasteiger partial charge is 0.301 e. The number of nitrogens with one attached hydrogen (secondary N) is 1. The van der Waals surface area contributed by atoms with Crippen LogP contribution in [-0.2, 0) is 4.84 Å². The van der Waals surface area contributed by atoms with E-state index in [1.54, 1.807) is 0 Å². The molecule has 0 aromatic rings. The van der Waals surface area contributed by atoms with Crippen LogP contribution in [0.1, 0.15) is 32.6 Å². The van der Waals surface area contributed by atoms with E-state index in [4.69, 9.17) is 4.84 Å². The molecule has 1 atom stereocenters. The summed E-state index contributed by atoms with van der Waals surface area (Å²) in [4.78, 5) is 5.17. The Morgan fingerprint density at radius 3 is 3.23 bits per heavy atom. The molecule has 0 spiro atoms. The summed E-state index contributed by atoms with van der Waals surface area (Å²) < 4.78 is 0. The van der Waals surface area contributed by atoms with Crippen molar-refractivity contribution in [3.05, 3.63) is 23.3 Å². The molecule has 0 amide bonds. The molecule has 1 N–H and O–H groups in total. The molecule has 2 nitrogen and oxygen atoms in total. The van der Waals surface area contributed by atoms with Gasteiger partial charge in [0.2, 0.25) is 0 Å². The van der Waals surface area contributed by atoms with Gasteiger partial charge >= 0.3 is 0 Å². The van der Waals surface area contributed by atoms with Crippen molar-refractivity contribution in [2.24, 2.45) is 0 Å². The standard InChI is InChI=1S/C11H17NO/c1-2-9-4-3-5-10(8-9)11-6-7-13-12-11/h4,8,11-12H,2-3,5-7H2,1H3. The van der Waals surface area contributed by atoms with Crippen LogP contribution in [0.2, 0.25) is 0 Å². The average Bonchev–Trinajstić information content (AvgIpc) is 2.71. The van der Waals surface area contributed by atoms with Crippen molar-refractivity contribution in [2.75, 3.05) is 6.61 Å². The zero-order valence-electron chi connectivity index (χ0n) is 8.18. The van der Waals surface area contributed by atoms with Gasteiger partial charge < -0.3 is 4.84 Å². The summed E-state index contributed by atoms with van der Waals surface area (Å²) in [5.41, 5.74) is 6.08. The Morgan fingerprint density at radius 2 is 2.54 bits per heavy atom. The molecule has 1 aliphatic heterocycles. The molecule has 2 heteroatoms. The quantitative estimate of drug-likeness (QED) is 0.702. The molecule has 1 aliphatic carbocycles. The number of hydrogen-bond donors (Lipinski definition) is 1. The molecular formula is C11H17NO.